The van der Waals surface area contributed by atoms with Gasteiger partial charge in [0.05, 0.1) is 11.4 Å². The van der Waals surface area contributed by atoms with Crippen LogP contribution in [0.4, 0.5) is 0 Å². The van der Waals surface area contributed by atoms with E-state index in [1.165, 1.54) is 0 Å². The van der Waals surface area contributed by atoms with Crippen LogP contribution in [-0.2, 0) is 0 Å². The van der Waals surface area contributed by atoms with E-state index in [0.717, 1.165) is 16.9 Å². The predicted molar refractivity (Wildman–Crippen MR) is 54.9 cm³/mol. The van der Waals surface area contributed by atoms with Crippen LogP contribution in [0.3, 0.4) is 0 Å². The first kappa shape index (κ1) is 8.05. The van der Waals surface area contributed by atoms with Crippen LogP contribution in [0.5, 0.6) is 0 Å². The van der Waals surface area contributed by atoms with Crippen LogP contribution in [-0.4, -0.2) is 25.4 Å². The van der Waals surface area contributed by atoms with Crippen LogP contribution in [0.2, 0.25) is 0 Å². The molecule has 0 aromatic carbocycles. The Morgan fingerprint density at radius 1 is 0.933 bits per heavy atom. The lowest BCUT2D eigenvalue weighted by atomic mass is 10.2. The Balaban J connectivity index is 2.19. The zero-order chi connectivity index (χ0) is 10.1. The van der Waals surface area contributed by atoms with Gasteiger partial charge in [-0.1, -0.05) is 6.07 Å². The molecular weight excluding hydrogens is 190 g/mol. The highest BCUT2D eigenvalue weighted by atomic mass is 15.3. The molecule has 5 nitrogen and oxygen atoms in total. The van der Waals surface area contributed by atoms with Crippen molar-refractivity contribution in [1.82, 2.24) is 25.4 Å². The molecule has 0 fully saturated rings. The SMILES string of the molecule is c1ccc(-c2ccc3n[nH]nc3n2)nc1. The second kappa shape index (κ2) is 3.13. The normalized spacial score (nSPS) is 10.7. The van der Waals surface area contributed by atoms with Gasteiger partial charge in [-0.3, -0.25) is 4.98 Å². The van der Waals surface area contributed by atoms with E-state index in [1.807, 2.05) is 30.3 Å². The largest absolute Gasteiger partial charge is 0.255 e. The minimum atomic E-state index is 0.609. The van der Waals surface area contributed by atoms with E-state index in [-0.39, 0.29) is 0 Å². The summed E-state index contributed by atoms with van der Waals surface area (Å²) < 4.78 is 0. The van der Waals surface area contributed by atoms with Crippen molar-refractivity contribution in [3.63, 3.8) is 0 Å². The fourth-order valence-electron chi connectivity index (χ4n) is 1.39. The summed E-state index contributed by atoms with van der Waals surface area (Å²) in [5.41, 5.74) is 3.01. The van der Waals surface area contributed by atoms with Gasteiger partial charge in [0.25, 0.3) is 0 Å². The van der Waals surface area contributed by atoms with Crippen LogP contribution in [0.15, 0.2) is 36.5 Å². The van der Waals surface area contributed by atoms with E-state index in [4.69, 9.17) is 0 Å². The molecule has 3 aromatic heterocycles. The number of aromatic amines is 1. The summed E-state index contributed by atoms with van der Waals surface area (Å²) >= 11 is 0. The molecule has 0 aliphatic heterocycles. The first-order valence-electron chi connectivity index (χ1n) is 4.52. The van der Waals surface area contributed by atoms with Gasteiger partial charge in [-0.05, 0) is 24.3 Å². The maximum atomic E-state index is 4.34. The highest BCUT2D eigenvalue weighted by Crippen LogP contribution is 2.15. The second-order valence-electron chi connectivity index (χ2n) is 3.08. The van der Waals surface area contributed by atoms with Crippen molar-refractivity contribution in [3.05, 3.63) is 36.5 Å². The molecule has 0 aliphatic rings. The summed E-state index contributed by atoms with van der Waals surface area (Å²) in [6.07, 6.45) is 1.74. The first-order chi connectivity index (χ1) is 7.43. The molecule has 3 aromatic rings. The Morgan fingerprint density at radius 2 is 1.93 bits per heavy atom. The molecule has 72 valence electrons. The van der Waals surface area contributed by atoms with Gasteiger partial charge >= 0.3 is 0 Å². The van der Waals surface area contributed by atoms with Gasteiger partial charge in [0, 0.05) is 6.20 Å². The fourth-order valence-corrected chi connectivity index (χ4v) is 1.39. The van der Waals surface area contributed by atoms with Crippen LogP contribution in [0, 0.1) is 0 Å². The zero-order valence-corrected chi connectivity index (χ0v) is 7.75. The number of aromatic nitrogens is 5. The lowest BCUT2D eigenvalue weighted by molar-refractivity contribution is 0.954. The van der Waals surface area contributed by atoms with Crippen LogP contribution in [0.1, 0.15) is 0 Å². The predicted octanol–water partition coefficient (Wildman–Crippen LogP) is 1.41. The molecule has 0 saturated carbocycles. The van der Waals surface area contributed by atoms with Crippen molar-refractivity contribution in [3.8, 4) is 11.4 Å². The summed E-state index contributed by atoms with van der Waals surface area (Å²) in [6, 6.07) is 9.46. The average Bonchev–Trinajstić information content (AvgIpc) is 2.77. The second-order valence-corrected chi connectivity index (χ2v) is 3.08. The summed E-state index contributed by atoms with van der Waals surface area (Å²) in [7, 11) is 0. The number of nitrogens with one attached hydrogen (secondary N) is 1. The Kier molecular flexibility index (Phi) is 1.68. The molecule has 0 amide bonds. The van der Waals surface area contributed by atoms with Crippen molar-refractivity contribution in [2.45, 2.75) is 0 Å². The standard InChI is InChI=1S/C10H7N5/c1-2-6-11-7(3-1)8-4-5-9-10(12-8)14-15-13-9/h1-6H,(H,12,13,14,15). The minimum absolute atomic E-state index is 0.609. The molecule has 0 unspecified atom stereocenters. The Hall–Kier alpha value is -2.30. The first-order valence-corrected chi connectivity index (χ1v) is 4.52. The van der Waals surface area contributed by atoms with Crippen molar-refractivity contribution in [2.24, 2.45) is 0 Å². The third kappa shape index (κ3) is 1.34. The number of H-pyrrole nitrogens is 1. The zero-order valence-electron chi connectivity index (χ0n) is 7.75. The summed E-state index contributed by atoms with van der Waals surface area (Å²) in [5.74, 6) is 0. The van der Waals surface area contributed by atoms with Gasteiger partial charge in [-0.2, -0.15) is 10.3 Å². The van der Waals surface area contributed by atoms with Crippen molar-refractivity contribution in [1.29, 1.82) is 0 Å². The molecule has 3 heterocycles. The number of fused-ring (bicyclic) bond motifs is 1. The van der Waals surface area contributed by atoms with E-state index in [1.54, 1.807) is 6.20 Å². The summed E-state index contributed by atoms with van der Waals surface area (Å²) in [5, 5.41) is 10.4. The van der Waals surface area contributed by atoms with E-state index >= 15 is 0 Å². The lowest BCUT2D eigenvalue weighted by Gasteiger charge is -1.97. The maximum Gasteiger partial charge on any atom is 0.202 e. The van der Waals surface area contributed by atoms with Gasteiger partial charge in [0.2, 0.25) is 5.65 Å². The van der Waals surface area contributed by atoms with E-state index < -0.39 is 0 Å². The van der Waals surface area contributed by atoms with E-state index in [2.05, 4.69) is 25.4 Å². The third-order valence-electron chi connectivity index (χ3n) is 2.11. The van der Waals surface area contributed by atoms with Crippen LogP contribution < -0.4 is 0 Å². The Bertz CT molecular complexity index is 587. The molecule has 0 bridgehead atoms. The summed E-state index contributed by atoms with van der Waals surface area (Å²) in [4.78, 5) is 8.56. The molecule has 0 atom stereocenters. The highest BCUT2D eigenvalue weighted by molar-refractivity contribution is 5.72. The average molecular weight is 197 g/mol. The number of pyridine rings is 2. The third-order valence-corrected chi connectivity index (χ3v) is 2.11. The maximum absolute atomic E-state index is 4.34. The topological polar surface area (TPSA) is 67.3 Å². The Morgan fingerprint density at radius 3 is 2.80 bits per heavy atom. The number of rotatable bonds is 1. The Labute approximate surface area is 85.2 Å². The van der Waals surface area contributed by atoms with Gasteiger partial charge in [0.15, 0.2) is 0 Å². The monoisotopic (exact) mass is 197 g/mol. The van der Waals surface area contributed by atoms with Crippen molar-refractivity contribution >= 4 is 11.2 Å². The van der Waals surface area contributed by atoms with Gasteiger partial charge in [-0.15, -0.1) is 5.10 Å². The molecule has 5 heteroatoms. The van der Waals surface area contributed by atoms with Crippen molar-refractivity contribution < 1.29 is 0 Å². The molecule has 3 rings (SSSR count). The van der Waals surface area contributed by atoms with Crippen LogP contribution in [0.25, 0.3) is 22.6 Å². The van der Waals surface area contributed by atoms with Crippen molar-refractivity contribution in [2.75, 3.05) is 0 Å². The van der Waals surface area contributed by atoms with Crippen LogP contribution >= 0.6 is 0 Å². The fraction of sp³-hybridized carbons (Fsp3) is 0. The smallest absolute Gasteiger partial charge is 0.202 e. The molecule has 15 heavy (non-hydrogen) atoms. The van der Waals surface area contributed by atoms with Gasteiger partial charge in [-0.25, -0.2) is 4.98 Å². The molecule has 1 N–H and O–H groups in total. The lowest BCUT2D eigenvalue weighted by Crippen LogP contribution is -1.86. The van der Waals surface area contributed by atoms with E-state index in [0.29, 0.717) is 5.65 Å². The number of hydrogen-bond donors (Lipinski definition) is 1. The molecule has 0 aliphatic carbocycles. The summed E-state index contributed by atoms with van der Waals surface area (Å²) in [6.45, 7) is 0. The quantitative estimate of drug-likeness (QED) is 0.640. The van der Waals surface area contributed by atoms with Gasteiger partial charge in [0.1, 0.15) is 5.52 Å². The number of nitrogens with zero attached hydrogens (tertiary/aromatic N) is 4. The molecule has 0 saturated heterocycles. The minimum Gasteiger partial charge on any atom is -0.255 e. The van der Waals surface area contributed by atoms with E-state index in [9.17, 15) is 0 Å². The number of hydrogen-bond acceptors (Lipinski definition) is 4. The molecule has 0 spiro atoms. The highest BCUT2D eigenvalue weighted by Gasteiger charge is 2.03. The molecular formula is C10H7N5. The van der Waals surface area contributed by atoms with Gasteiger partial charge < -0.3 is 0 Å². The molecule has 0 radical (unpaired) electrons.